The van der Waals surface area contributed by atoms with Crippen LogP contribution >= 0.6 is 0 Å². The molecule has 0 unspecified atom stereocenters. The van der Waals surface area contributed by atoms with Gasteiger partial charge in [0.1, 0.15) is 5.75 Å². The smallest absolute Gasteiger partial charge is 0.258 e. The molecule has 1 aromatic heterocycles. The lowest BCUT2D eigenvalue weighted by Gasteiger charge is -2.09. The van der Waals surface area contributed by atoms with Crippen molar-refractivity contribution in [3.05, 3.63) is 54.2 Å². The minimum atomic E-state index is -0.314. The van der Waals surface area contributed by atoms with Gasteiger partial charge in [0.15, 0.2) is 11.5 Å². The Morgan fingerprint density at radius 2 is 1.69 bits per heavy atom. The standard InChI is InChI=1S/C19H18N2O5/c1-23-14-7-4-12(5-8-14)18(22)21-19-15(11-20-26-19)13-6-9-16(24-2)17(10-13)25-3/h4-11H,1-3H3,(H,21,22). The molecule has 26 heavy (non-hydrogen) atoms. The number of ether oxygens (including phenoxy) is 3. The number of nitrogens with zero attached hydrogens (tertiary/aromatic N) is 1. The van der Waals surface area contributed by atoms with Gasteiger partial charge in [-0.05, 0) is 42.0 Å². The average Bonchev–Trinajstić information content (AvgIpc) is 3.15. The third-order valence-corrected chi connectivity index (χ3v) is 3.84. The molecule has 3 aromatic rings. The molecule has 0 aliphatic rings. The topological polar surface area (TPSA) is 82.8 Å². The first-order valence-electron chi connectivity index (χ1n) is 7.78. The first kappa shape index (κ1) is 17.3. The molecule has 1 amide bonds. The second-order valence-electron chi connectivity index (χ2n) is 5.32. The molecule has 7 heteroatoms. The van der Waals surface area contributed by atoms with Crippen LogP contribution in [0.1, 0.15) is 10.4 Å². The molecule has 134 valence electrons. The van der Waals surface area contributed by atoms with Gasteiger partial charge in [-0.15, -0.1) is 0 Å². The zero-order valence-electron chi connectivity index (χ0n) is 14.6. The van der Waals surface area contributed by atoms with Crippen LogP contribution in [0, 0.1) is 0 Å². The third-order valence-electron chi connectivity index (χ3n) is 3.84. The van der Waals surface area contributed by atoms with Crippen molar-refractivity contribution in [2.24, 2.45) is 0 Å². The van der Waals surface area contributed by atoms with Crippen molar-refractivity contribution in [3.8, 4) is 28.4 Å². The van der Waals surface area contributed by atoms with Crippen LogP contribution < -0.4 is 19.5 Å². The maximum absolute atomic E-state index is 12.4. The maximum atomic E-state index is 12.4. The molecule has 0 saturated carbocycles. The summed E-state index contributed by atoms with van der Waals surface area (Å²) in [5.74, 6) is 1.78. The summed E-state index contributed by atoms with van der Waals surface area (Å²) in [6.45, 7) is 0. The van der Waals surface area contributed by atoms with E-state index >= 15 is 0 Å². The molecule has 7 nitrogen and oxygen atoms in total. The van der Waals surface area contributed by atoms with Crippen molar-refractivity contribution < 1.29 is 23.5 Å². The number of hydrogen-bond acceptors (Lipinski definition) is 6. The molecule has 1 N–H and O–H groups in total. The Kier molecular flexibility index (Phi) is 5.07. The predicted octanol–water partition coefficient (Wildman–Crippen LogP) is 3.62. The lowest BCUT2D eigenvalue weighted by atomic mass is 10.1. The number of aromatic nitrogens is 1. The van der Waals surface area contributed by atoms with Crippen molar-refractivity contribution in [3.63, 3.8) is 0 Å². The minimum absolute atomic E-state index is 0.248. The Morgan fingerprint density at radius 1 is 0.962 bits per heavy atom. The highest BCUT2D eigenvalue weighted by Crippen LogP contribution is 2.35. The van der Waals surface area contributed by atoms with Crippen LogP contribution in [0.15, 0.2) is 53.2 Å². The SMILES string of the molecule is COc1ccc(C(=O)Nc2oncc2-c2ccc(OC)c(OC)c2)cc1. The lowest BCUT2D eigenvalue weighted by molar-refractivity contribution is 0.102. The van der Waals surface area contributed by atoms with Gasteiger partial charge in [0.2, 0.25) is 5.88 Å². The molecule has 0 bridgehead atoms. The van der Waals surface area contributed by atoms with E-state index in [1.165, 1.54) is 6.20 Å². The van der Waals surface area contributed by atoms with E-state index in [1.807, 2.05) is 6.07 Å². The number of nitrogens with one attached hydrogen (secondary N) is 1. The van der Waals surface area contributed by atoms with Crippen LogP contribution in [-0.4, -0.2) is 32.4 Å². The minimum Gasteiger partial charge on any atom is -0.497 e. The van der Waals surface area contributed by atoms with E-state index in [0.717, 1.165) is 5.56 Å². The largest absolute Gasteiger partial charge is 0.497 e. The van der Waals surface area contributed by atoms with E-state index in [9.17, 15) is 4.79 Å². The summed E-state index contributed by atoms with van der Waals surface area (Å²) in [4.78, 5) is 12.4. The number of methoxy groups -OCH3 is 3. The van der Waals surface area contributed by atoms with Gasteiger partial charge in [0, 0.05) is 5.56 Å². The molecule has 0 radical (unpaired) electrons. The van der Waals surface area contributed by atoms with Crippen LogP contribution in [0.2, 0.25) is 0 Å². The number of anilines is 1. The van der Waals surface area contributed by atoms with Crippen molar-refractivity contribution in [2.75, 3.05) is 26.6 Å². The number of hydrogen-bond donors (Lipinski definition) is 1. The van der Waals surface area contributed by atoms with Crippen LogP contribution in [0.5, 0.6) is 17.2 Å². The number of carbonyl (C=O) groups excluding carboxylic acids is 1. The van der Waals surface area contributed by atoms with E-state index in [0.29, 0.717) is 28.4 Å². The molecule has 0 fully saturated rings. The average molecular weight is 354 g/mol. The first-order chi connectivity index (χ1) is 12.7. The van der Waals surface area contributed by atoms with E-state index < -0.39 is 0 Å². The number of carbonyl (C=O) groups is 1. The van der Waals surface area contributed by atoms with Gasteiger partial charge >= 0.3 is 0 Å². The zero-order valence-corrected chi connectivity index (χ0v) is 14.6. The lowest BCUT2D eigenvalue weighted by Crippen LogP contribution is -2.11. The molecule has 0 aliphatic carbocycles. The van der Waals surface area contributed by atoms with Crippen LogP contribution in [0.4, 0.5) is 5.88 Å². The Hall–Kier alpha value is -3.48. The molecule has 0 atom stereocenters. The van der Waals surface area contributed by atoms with Gasteiger partial charge in [-0.1, -0.05) is 11.2 Å². The van der Waals surface area contributed by atoms with E-state index in [-0.39, 0.29) is 11.8 Å². The highest BCUT2D eigenvalue weighted by atomic mass is 16.5. The Bertz CT molecular complexity index is 903. The van der Waals surface area contributed by atoms with Crippen molar-refractivity contribution in [1.29, 1.82) is 0 Å². The summed E-state index contributed by atoms with van der Waals surface area (Å²) in [6, 6.07) is 12.2. The van der Waals surface area contributed by atoms with Crippen molar-refractivity contribution in [1.82, 2.24) is 5.16 Å². The Morgan fingerprint density at radius 3 is 2.35 bits per heavy atom. The zero-order chi connectivity index (χ0) is 18.5. The summed E-state index contributed by atoms with van der Waals surface area (Å²) in [6.07, 6.45) is 1.53. The van der Waals surface area contributed by atoms with Crippen LogP contribution in [-0.2, 0) is 0 Å². The van der Waals surface area contributed by atoms with Gasteiger partial charge in [0.05, 0.1) is 33.1 Å². The second kappa shape index (κ2) is 7.60. The quantitative estimate of drug-likeness (QED) is 0.728. The molecule has 2 aromatic carbocycles. The predicted molar refractivity (Wildman–Crippen MR) is 96.0 cm³/mol. The Balaban J connectivity index is 1.85. The summed E-state index contributed by atoms with van der Waals surface area (Å²) in [7, 11) is 4.69. The number of rotatable bonds is 6. The summed E-state index contributed by atoms with van der Waals surface area (Å²) in [5.41, 5.74) is 1.88. The maximum Gasteiger partial charge on any atom is 0.258 e. The normalized spacial score (nSPS) is 10.3. The van der Waals surface area contributed by atoms with Gasteiger partial charge in [-0.2, -0.15) is 0 Å². The third kappa shape index (κ3) is 3.46. The molecule has 0 spiro atoms. The highest BCUT2D eigenvalue weighted by molar-refractivity contribution is 6.05. The fraction of sp³-hybridized carbons (Fsp3) is 0.158. The Labute approximate surface area is 150 Å². The fourth-order valence-corrected chi connectivity index (χ4v) is 2.46. The van der Waals surface area contributed by atoms with E-state index in [2.05, 4.69) is 10.5 Å². The first-order valence-corrected chi connectivity index (χ1v) is 7.78. The molecule has 1 heterocycles. The van der Waals surface area contributed by atoms with Gasteiger partial charge in [-0.3, -0.25) is 10.1 Å². The number of benzene rings is 2. The number of amides is 1. The summed E-state index contributed by atoms with van der Waals surface area (Å²) >= 11 is 0. The van der Waals surface area contributed by atoms with Gasteiger partial charge in [-0.25, -0.2) is 0 Å². The summed E-state index contributed by atoms with van der Waals surface area (Å²) < 4.78 is 20.8. The van der Waals surface area contributed by atoms with Gasteiger partial charge < -0.3 is 18.7 Å². The van der Waals surface area contributed by atoms with Crippen LogP contribution in [0.25, 0.3) is 11.1 Å². The molecule has 0 aliphatic heterocycles. The summed E-state index contributed by atoms with van der Waals surface area (Å²) in [5, 5.41) is 6.52. The molecule has 0 saturated heterocycles. The van der Waals surface area contributed by atoms with E-state index in [4.69, 9.17) is 18.7 Å². The fourth-order valence-electron chi connectivity index (χ4n) is 2.46. The molecule has 3 rings (SSSR count). The van der Waals surface area contributed by atoms with E-state index in [1.54, 1.807) is 57.7 Å². The molecular formula is C19H18N2O5. The van der Waals surface area contributed by atoms with Crippen LogP contribution in [0.3, 0.4) is 0 Å². The second-order valence-corrected chi connectivity index (χ2v) is 5.32. The van der Waals surface area contributed by atoms with Gasteiger partial charge in [0.25, 0.3) is 5.91 Å². The highest BCUT2D eigenvalue weighted by Gasteiger charge is 2.16. The van der Waals surface area contributed by atoms with Crippen molar-refractivity contribution >= 4 is 11.8 Å². The molecular weight excluding hydrogens is 336 g/mol. The monoisotopic (exact) mass is 354 g/mol. The van der Waals surface area contributed by atoms with Crippen molar-refractivity contribution in [2.45, 2.75) is 0 Å².